The first-order chi connectivity index (χ1) is 9.81. The van der Waals surface area contributed by atoms with Crippen molar-refractivity contribution in [3.63, 3.8) is 0 Å². The fourth-order valence-electron chi connectivity index (χ4n) is 3.86. The molecule has 0 amide bonds. The maximum absolute atomic E-state index is 11.7. The van der Waals surface area contributed by atoms with Gasteiger partial charge in [0.15, 0.2) is 9.84 Å². The molecule has 3 aliphatic rings. The van der Waals surface area contributed by atoms with Gasteiger partial charge in [0.2, 0.25) is 0 Å². The van der Waals surface area contributed by atoms with Gasteiger partial charge in [0.1, 0.15) is 5.54 Å². The van der Waals surface area contributed by atoms with Crippen molar-refractivity contribution in [2.75, 3.05) is 18.1 Å². The summed E-state index contributed by atoms with van der Waals surface area (Å²) >= 11 is 0. The van der Waals surface area contributed by atoms with Crippen LogP contribution in [0, 0.1) is 0 Å². The van der Waals surface area contributed by atoms with Crippen LogP contribution in [0.2, 0.25) is 0 Å². The van der Waals surface area contributed by atoms with E-state index in [1.165, 1.54) is 0 Å². The van der Waals surface area contributed by atoms with E-state index >= 15 is 0 Å². The molecule has 0 aromatic carbocycles. The summed E-state index contributed by atoms with van der Waals surface area (Å²) in [4.78, 5) is 13.9. The molecule has 6 nitrogen and oxygen atoms in total. The van der Waals surface area contributed by atoms with Crippen molar-refractivity contribution < 1.29 is 18.3 Å². The molecule has 3 fully saturated rings. The number of carbonyl (C=O) groups is 1. The molecule has 1 heterocycles. The molecule has 2 aliphatic carbocycles. The van der Waals surface area contributed by atoms with Gasteiger partial charge in [0.05, 0.1) is 11.5 Å². The first-order valence-corrected chi connectivity index (χ1v) is 9.61. The van der Waals surface area contributed by atoms with Gasteiger partial charge in [-0.25, -0.2) is 8.42 Å². The number of aliphatic carboxylic acids is 1. The number of hydrogen-bond acceptors (Lipinski definition) is 5. The predicted octanol–water partition coefficient (Wildman–Crippen LogP) is 0.233. The second-order valence-electron chi connectivity index (χ2n) is 6.90. The van der Waals surface area contributed by atoms with E-state index in [1.807, 2.05) is 6.92 Å². The van der Waals surface area contributed by atoms with Gasteiger partial charge in [-0.3, -0.25) is 15.0 Å². The van der Waals surface area contributed by atoms with E-state index in [0.29, 0.717) is 25.4 Å². The number of carboxylic acids is 1. The molecule has 3 rings (SSSR count). The maximum atomic E-state index is 11.7. The summed E-state index contributed by atoms with van der Waals surface area (Å²) in [5, 5.41) is 13.0. The van der Waals surface area contributed by atoms with Gasteiger partial charge in [0, 0.05) is 24.7 Å². The molecular formula is C14H24N2O4S. The molecule has 2 saturated carbocycles. The molecule has 0 radical (unpaired) electrons. The van der Waals surface area contributed by atoms with Crippen LogP contribution in [0.1, 0.15) is 39.0 Å². The fraction of sp³-hybridized carbons (Fsp3) is 0.929. The van der Waals surface area contributed by atoms with Crippen LogP contribution in [-0.2, 0) is 14.6 Å². The molecule has 7 heteroatoms. The summed E-state index contributed by atoms with van der Waals surface area (Å²) in [6.45, 7) is 2.47. The first kappa shape index (κ1) is 15.2. The Bertz CT molecular complexity index is 531. The minimum atomic E-state index is -2.92. The average Bonchev–Trinajstić information content (AvgIpc) is 3.06. The highest BCUT2D eigenvalue weighted by Gasteiger charge is 2.50. The summed E-state index contributed by atoms with van der Waals surface area (Å²) in [5.41, 5.74) is -0.804. The van der Waals surface area contributed by atoms with Gasteiger partial charge in [-0.15, -0.1) is 0 Å². The SMILES string of the molecule is CC1CS(=O)(=O)CCN1C1CCC(NC2CC2)(C(=O)O)C1. The third-order valence-corrected chi connectivity index (χ3v) is 6.94. The molecule has 120 valence electrons. The lowest BCUT2D eigenvalue weighted by atomic mass is 9.97. The molecule has 1 saturated heterocycles. The van der Waals surface area contributed by atoms with Crippen molar-refractivity contribution in [1.29, 1.82) is 0 Å². The number of hydrogen-bond donors (Lipinski definition) is 2. The Labute approximate surface area is 125 Å². The Morgan fingerprint density at radius 1 is 1.33 bits per heavy atom. The van der Waals surface area contributed by atoms with Crippen molar-refractivity contribution in [3.8, 4) is 0 Å². The van der Waals surface area contributed by atoms with E-state index < -0.39 is 21.3 Å². The van der Waals surface area contributed by atoms with E-state index in [1.54, 1.807) is 0 Å². The van der Waals surface area contributed by atoms with Gasteiger partial charge in [-0.05, 0) is 39.0 Å². The second kappa shape index (κ2) is 5.21. The van der Waals surface area contributed by atoms with Crippen LogP contribution in [0.5, 0.6) is 0 Å². The largest absolute Gasteiger partial charge is 0.480 e. The number of nitrogens with one attached hydrogen (secondary N) is 1. The van der Waals surface area contributed by atoms with Crippen molar-refractivity contribution in [2.24, 2.45) is 0 Å². The van der Waals surface area contributed by atoms with Crippen LogP contribution in [0.4, 0.5) is 0 Å². The summed E-state index contributed by atoms with van der Waals surface area (Å²) in [6, 6.07) is 0.524. The molecule has 3 unspecified atom stereocenters. The highest BCUT2D eigenvalue weighted by atomic mass is 32.2. The van der Waals surface area contributed by atoms with Gasteiger partial charge in [-0.2, -0.15) is 0 Å². The third-order valence-electron chi connectivity index (χ3n) is 5.15. The third kappa shape index (κ3) is 3.10. The maximum Gasteiger partial charge on any atom is 0.323 e. The molecular weight excluding hydrogens is 292 g/mol. The van der Waals surface area contributed by atoms with E-state index in [9.17, 15) is 18.3 Å². The Morgan fingerprint density at radius 3 is 2.62 bits per heavy atom. The van der Waals surface area contributed by atoms with Crippen molar-refractivity contribution >= 4 is 15.8 Å². The summed E-state index contributed by atoms with van der Waals surface area (Å²) in [6.07, 6.45) is 4.19. The highest BCUT2D eigenvalue weighted by Crippen LogP contribution is 2.37. The molecule has 2 N–H and O–H groups in total. The predicted molar refractivity (Wildman–Crippen MR) is 79.0 cm³/mol. The van der Waals surface area contributed by atoms with E-state index in [2.05, 4.69) is 10.2 Å². The van der Waals surface area contributed by atoms with Crippen molar-refractivity contribution in [3.05, 3.63) is 0 Å². The minimum Gasteiger partial charge on any atom is -0.480 e. The summed E-state index contributed by atoms with van der Waals surface area (Å²) in [7, 11) is -2.92. The smallest absolute Gasteiger partial charge is 0.323 e. The summed E-state index contributed by atoms with van der Waals surface area (Å²) < 4.78 is 23.4. The molecule has 21 heavy (non-hydrogen) atoms. The second-order valence-corrected chi connectivity index (χ2v) is 9.13. The number of sulfone groups is 1. The quantitative estimate of drug-likeness (QED) is 0.772. The molecule has 0 aromatic heterocycles. The molecule has 0 spiro atoms. The monoisotopic (exact) mass is 316 g/mol. The standard InChI is InChI=1S/C14H24N2O4S/c1-10-9-21(19,20)7-6-16(10)12-4-5-14(8-12,13(17)18)15-11-2-3-11/h10-12,15H,2-9H2,1H3,(H,17,18). The van der Waals surface area contributed by atoms with E-state index in [0.717, 1.165) is 19.3 Å². The van der Waals surface area contributed by atoms with E-state index in [-0.39, 0.29) is 23.6 Å². The zero-order valence-corrected chi connectivity index (χ0v) is 13.2. The van der Waals surface area contributed by atoms with Gasteiger partial charge in [-0.1, -0.05) is 0 Å². The van der Waals surface area contributed by atoms with Crippen LogP contribution in [0.25, 0.3) is 0 Å². The summed E-state index contributed by atoms with van der Waals surface area (Å²) in [5.74, 6) is -0.363. The Balaban J connectivity index is 1.69. The van der Waals surface area contributed by atoms with E-state index in [4.69, 9.17) is 0 Å². The van der Waals surface area contributed by atoms with Crippen LogP contribution in [0.3, 0.4) is 0 Å². The van der Waals surface area contributed by atoms with Crippen LogP contribution in [-0.4, -0.2) is 66.1 Å². The lowest BCUT2D eigenvalue weighted by molar-refractivity contribution is -0.145. The normalized spacial score (nSPS) is 40.2. The topological polar surface area (TPSA) is 86.7 Å². The molecule has 0 aromatic rings. The fourth-order valence-corrected chi connectivity index (χ4v) is 5.44. The van der Waals surface area contributed by atoms with Gasteiger partial charge >= 0.3 is 5.97 Å². The number of nitrogens with zero attached hydrogens (tertiary/aromatic N) is 1. The molecule has 0 bridgehead atoms. The molecule has 1 aliphatic heterocycles. The Hall–Kier alpha value is -0.660. The first-order valence-electron chi connectivity index (χ1n) is 7.79. The van der Waals surface area contributed by atoms with Gasteiger partial charge in [0.25, 0.3) is 0 Å². The lowest BCUT2D eigenvalue weighted by Crippen LogP contribution is -2.55. The van der Waals surface area contributed by atoms with Gasteiger partial charge < -0.3 is 5.11 Å². The number of rotatable bonds is 4. The van der Waals surface area contributed by atoms with Crippen LogP contribution < -0.4 is 5.32 Å². The zero-order chi connectivity index (χ0) is 15.3. The minimum absolute atomic E-state index is 0.0146. The Kier molecular flexibility index (Phi) is 3.78. The average molecular weight is 316 g/mol. The zero-order valence-electron chi connectivity index (χ0n) is 12.4. The van der Waals surface area contributed by atoms with Crippen LogP contribution >= 0.6 is 0 Å². The number of carboxylic acid groups (broad SMARTS) is 1. The lowest BCUT2D eigenvalue weighted by Gasteiger charge is -2.38. The molecule has 3 atom stereocenters. The van der Waals surface area contributed by atoms with Crippen molar-refractivity contribution in [2.45, 2.75) is 62.7 Å². The van der Waals surface area contributed by atoms with Crippen LogP contribution in [0.15, 0.2) is 0 Å². The Morgan fingerprint density at radius 2 is 2.05 bits per heavy atom. The van der Waals surface area contributed by atoms with Crippen molar-refractivity contribution in [1.82, 2.24) is 10.2 Å². The highest BCUT2D eigenvalue weighted by molar-refractivity contribution is 7.91.